The molecule has 0 aliphatic carbocycles. The zero-order valence-corrected chi connectivity index (χ0v) is 47.4. The van der Waals surface area contributed by atoms with Crippen molar-refractivity contribution in [2.45, 2.75) is 19.6 Å². The molecule has 0 saturated heterocycles. The van der Waals surface area contributed by atoms with Gasteiger partial charge in [-0.3, -0.25) is 0 Å². The molecule has 84 heavy (non-hydrogen) atoms. The Morgan fingerprint density at radius 1 is 0.286 bits per heavy atom. The fraction of sp³-hybridized carbons (Fsp3) is 0.333. The molecule has 21 heteroatoms. The fourth-order valence-electron chi connectivity index (χ4n) is 11.3. The first-order chi connectivity index (χ1) is 41.5. The van der Waals surface area contributed by atoms with Crippen LogP contribution in [0.4, 0.5) is 0 Å². The summed E-state index contributed by atoms with van der Waals surface area (Å²) in [7, 11) is 5.00. The van der Waals surface area contributed by atoms with E-state index in [1.807, 2.05) is 32.1 Å². The van der Waals surface area contributed by atoms with Crippen LogP contribution in [0.15, 0.2) is 128 Å². The average molecular weight is 1140 g/mol. The van der Waals surface area contributed by atoms with Crippen molar-refractivity contribution in [2.75, 3.05) is 120 Å². The Morgan fingerprint density at radius 2 is 0.536 bits per heavy atom. The van der Waals surface area contributed by atoms with E-state index < -0.39 is 0 Å². The zero-order valence-electron chi connectivity index (χ0n) is 47.4. The topological polar surface area (TPSA) is 188 Å². The van der Waals surface area contributed by atoms with Gasteiger partial charge in [-0.1, -0.05) is 33.8 Å². The lowest BCUT2D eigenvalue weighted by atomic mass is 10.1. The van der Waals surface area contributed by atoms with E-state index in [0.717, 1.165) is 115 Å². The maximum Gasteiger partial charge on any atom is 0.113 e. The Labute approximate surface area is 481 Å². The quantitative estimate of drug-likeness (QED) is 0.0443. The van der Waals surface area contributed by atoms with Crippen LogP contribution in [0.5, 0.6) is 0 Å². The first-order valence-electron chi connectivity index (χ1n) is 28.5. The van der Waals surface area contributed by atoms with Crippen molar-refractivity contribution in [2.24, 2.45) is 0 Å². The minimum Gasteiger partial charge on any atom is -0.382 e. The van der Waals surface area contributed by atoms with Crippen molar-refractivity contribution in [3.63, 3.8) is 0 Å². The number of nitrogens with zero attached hydrogens (tertiary/aromatic N) is 12. The summed E-state index contributed by atoms with van der Waals surface area (Å²) in [6.07, 6.45) is 5.99. The van der Waals surface area contributed by atoms with Gasteiger partial charge in [0.15, 0.2) is 0 Å². The van der Waals surface area contributed by atoms with E-state index in [-0.39, 0.29) is 0 Å². The third kappa shape index (κ3) is 11.2. The van der Waals surface area contributed by atoms with Crippen LogP contribution in [0.1, 0.15) is 0 Å². The van der Waals surface area contributed by atoms with Crippen LogP contribution in [-0.4, -0.2) is 179 Å². The Hall–Kier alpha value is -8.22. The molecule has 0 amide bonds. The maximum absolute atomic E-state index is 6.10. The van der Waals surface area contributed by atoms with Crippen molar-refractivity contribution in [3.8, 4) is 0 Å². The van der Waals surface area contributed by atoms with Crippen LogP contribution in [0, 0.1) is 0 Å². The highest BCUT2D eigenvalue weighted by atomic mass is 16.6. The van der Waals surface area contributed by atoms with E-state index in [4.69, 9.17) is 73.6 Å². The first-order valence-corrected chi connectivity index (χ1v) is 28.5. The van der Waals surface area contributed by atoms with Gasteiger partial charge in [0, 0.05) is 123 Å². The molecule has 0 spiro atoms. The molecular weight excluding hydrogens is 1070 g/mol. The van der Waals surface area contributed by atoms with Crippen LogP contribution in [0.25, 0.3) is 115 Å². The molecule has 0 aliphatic heterocycles. The molecule has 7 heterocycles. The van der Waals surface area contributed by atoms with E-state index in [1.165, 1.54) is 0 Å². The Kier molecular flexibility index (Phi) is 16.6. The number of rotatable bonds is 27. The normalized spacial score (nSPS) is 12.3. The van der Waals surface area contributed by atoms with Crippen molar-refractivity contribution in [1.29, 1.82) is 0 Å². The van der Waals surface area contributed by atoms with Crippen molar-refractivity contribution >= 4 is 115 Å². The molecular formula is C63H66N12O9. The summed E-state index contributed by atoms with van der Waals surface area (Å²) in [4.78, 5) is 0. The standard InChI is InChI=1S/C63H66N12O9/c1-76-22-25-82-31-28-79-19-16-70-58-10-4-43-34-49(58)52-37-46(7-13-61(52)70)73-41-56(65-67-73)44-5-11-59-50(35-44)54-39-48(9-15-63(54)71(59)17-20-80-29-32-83-26-23-77-2)75-42-57(66-69-75)45-6-12-60-51(36-45)53-38-47(74-40-55(43)64-68-74)8-14-62(53)72(60)18-21-81-30-33-84-27-24-78-3/h4-15,34-42H,16-33H2,1-3H3. The van der Waals surface area contributed by atoms with Crippen molar-refractivity contribution < 1.29 is 42.6 Å². The Bertz CT molecular complexity index is 3890. The molecule has 0 aliphatic rings. The van der Waals surface area contributed by atoms with Gasteiger partial charge in [-0.2, -0.15) is 0 Å². The molecule has 7 aromatic heterocycles. The fourth-order valence-corrected chi connectivity index (χ4v) is 11.3. The van der Waals surface area contributed by atoms with Crippen molar-refractivity contribution in [3.05, 3.63) is 128 Å². The highest BCUT2D eigenvalue weighted by Crippen LogP contribution is 2.36. The highest BCUT2D eigenvalue weighted by molar-refractivity contribution is 6.14. The number of benzene rings is 6. The lowest BCUT2D eigenvalue weighted by molar-refractivity contribution is 0.0234. The number of hydrogen-bond acceptors (Lipinski definition) is 15. The molecule has 0 unspecified atom stereocenters. The van der Waals surface area contributed by atoms with Gasteiger partial charge in [0.05, 0.1) is 134 Å². The highest BCUT2D eigenvalue weighted by Gasteiger charge is 2.17. The first kappa shape index (κ1) is 55.0. The average Bonchev–Trinajstić information content (AvgIpc) is 3.18. The lowest BCUT2D eigenvalue weighted by Crippen LogP contribution is -2.11. The summed E-state index contributed by atoms with van der Waals surface area (Å²) < 4.78 is 63.2. The van der Waals surface area contributed by atoms with E-state index in [2.05, 4.69) is 123 Å². The predicted octanol–water partition coefficient (Wildman–Crippen LogP) is 9.32. The second-order valence-corrected chi connectivity index (χ2v) is 20.6. The largest absolute Gasteiger partial charge is 0.382 e. The molecule has 13 aromatic rings. The summed E-state index contributed by atoms with van der Waals surface area (Å²) in [5.74, 6) is 0. The molecule has 21 nitrogen and oxygen atoms in total. The molecule has 0 radical (unpaired) electrons. The molecule has 0 atom stereocenters. The maximum atomic E-state index is 6.10. The summed E-state index contributed by atoms with van der Waals surface area (Å²) >= 11 is 0. The molecule has 6 aromatic carbocycles. The molecule has 0 N–H and O–H groups in total. The SMILES string of the molecule is COCCOCCOCCn1c2ccc3cc2c2cc(ccc21)n1cc(nn1)c1ccc2c(c1)c1cc(ccc1n2CCOCCOCCOC)n1cc(nn1)c1ccc2c(c1)c1cc(ccc1n2CCOCCOCCOC)n1cc3nn1. The van der Waals surface area contributed by atoms with Crippen molar-refractivity contribution in [1.82, 2.24) is 58.2 Å². The number of hydrogen-bond donors (Lipinski definition) is 0. The minimum atomic E-state index is 0.484. The van der Waals surface area contributed by atoms with Gasteiger partial charge in [0.2, 0.25) is 0 Å². The van der Waals surface area contributed by atoms with Crippen LogP contribution in [0.2, 0.25) is 0 Å². The van der Waals surface area contributed by atoms with Gasteiger partial charge >= 0.3 is 0 Å². The van der Waals surface area contributed by atoms with Crippen LogP contribution in [0.3, 0.4) is 0 Å². The number of aromatic nitrogens is 12. The monoisotopic (exact) mass is 1130 g/mol. The van der Waals surface area contributed by atoms with Gasteiger partial charge in [-0.25, -0.2) is 13.5 Å². The van der Waals surface area contributed by atoms with Gasteiger partial charge in [-0.15, -0.1) is 15.3 Å². The summed E-state index contributed by atoms with van der Waals surface area (Å²) in [5.41, 5.74) is 11.2. The second kappa shape index (κ2) is 25.3. The third-order valence-electron chi connectivity index (χ3n) is 15.5. The predicted molar refractivity (Wildman–Crippen MR) is 325 cm³/mol. The third-order valence-corrected chi connectivity index (χ3v) is 15.5. The molecule has 13 rings (SSSR count). The van der Waals surface area contributed by atoms with Gasteiger partial charge in [0.25, 0.3) is 0 Å². The van der Waals surface area contributed by atoms with Crippen LogP contribution < -0.4 is 0 Å². The summed E-state index contributed by atoms with van der Waals surface area (Å²) in [5, 5.41) is 37.7. The molecule has 0 saturated carbocycles. The van der Waals surface area contributed by atoms with Gasteiger partial charge in [0.1, 0.15) is 16.6 Å². The lowest BCUT2D eigenvalue weighted by Gasteiger charge is -2.09. The molecule has 432 valence electrons. The van der Waals surface area contributed by atoms with E-state index in [1.54, 1.807) is 21.3 Å². The Morgan fingerprint density at radius 3 is 0.821 bits per heavy atom. The zero-order chi connectivity index (χ0) is 56.8. The molecule has 0 fully saturated rings. The smallest absolute Gasteiger partial charge is 0.113 e. The number of ether oxygens (including phenoxy) is 9. The number of methoxy groups -OCH3 is 3. The molecule has 18 bridgehead atoms. The summed E-state index contributed by atoms with van der Waals surface area (Å²) in [6.45, 7) is 9.58. The second-order valence-electron chi connectivity index (χ2n) is 20.6. The van der Waals surface area contributed by atoms with E-state index in [9.17, 15) is 0 Å². The van der Waals surface area contributed by atoms with E-state index in [0.29, 0.717) is 119 Å². The van der Waals surface area contributed by atoms with Gasteiger partial charge in [-0.05, 0) is 91.0 Å². The van der Waals surface area contributed by atoms with E-state index >= 15 is 0 Å². The van der Waals surface area contributed by atoms with Crippen LogP contribution >= 0.6 is 0 Å². The Balaban J connectivity index is 0.971. The summed E-state index contributed by atoms with van der Waals surface area (Å²) in [6, 6.07) is 38.8. The van der Waals surface area contributed by atoms with Crippen LogP contribution in [-0.2, 0) is 62.3 Å². The number of fused-ring (bicyclic) bond motifs is 18. The van der Waals surface area contributed by atoms with Gasteiger partial charge < -0.3 is 56.3 Å². The minimum absolute atomic E-state index is 0.484.